The van der Waals surface area contributed by atoms with Gasteiger partial charge in [-0.1, -0.05) is 35.9 Å². The molecule has 1 N–H and O–H groups in total. The molecule has 0 unspecified atom stereocenters. The van der Waals surface area contributed by atoms with Gasteiger partial charge in [-0.15, -0.1) is 22.7 Å². The third-order valence-electron chi connectivity index (χ3n) is 3.53. The van der Waals surface area contributed by atoms with E-state index < -0.39 is 11.9 Å². The second-order valence-corrected chi connectivity index (χ2v) is 7.62. The highest BCUT2D eigenvalue weighted by Crippen LogP contribution is 2.28. The van der Waals surface area contributed by atoms with Crippen LogP contribution < -0.4 is 5.32 Å². The molecule has 1 aromatic carbocycles. The van der Waals surface area contributed by atoms with Crippen molar-refractivity contribution in [3.05, 3.63) is 63.4 Å². The maximum atomic E-state index is 12.1. The number of hydrogen-bond acceptors (Lipinski definition) is 6. The maximum absolute atomic E-state index is 12.1. The van der Waals surface area contributed by atoms with Gasteiger partial charge in [0.05, 0.1) is 10.9 Å². The highest BCUT2D eigenvalue weighted by Gasteiger charge is 2.17. The van der Waals surface area contributed by atoms with Gasteiger partial charge in [-0.25, -0.2) is 9.78 Å². The molecular formula is C18H15ClN2O3S2. The molecular weight excluding hydrogens is 392 g/mol. The normalized spacial score (nSPS) is 11.8. The van der Waals surface area contributed by atoms with Gasteiger partial charge in [0.15, 0.2) is 12.3 Å². The smallest absolute Gasteiger partial charge is 0.358 e. The zero-order valence-corrected chi connectivity index (χ0v) is 16.2. The molecule has 2 heterocycles. The van der Waals surface area contributed by atoms with Crippen LogP contribution in [0.2, 0.25) is 5.02 Å². The van der Waals surface area contributed by atoms with Gasteiger partial charge in [0.25, 0.3) is 5.91 Å². The number of hydrogen-bond donors (Lipinski definition) is 1. The number of ether oxygens (including phenoxy) is 1. The van der Waals surface area contributed by atoms with Crippen molar-refractivity contribution in [2.75, 3.05) is 6.61 Å². The first-order valence-corrected chi connectivity index (χ1v) is 9.88. The average molecular weight is 407 g/mol. The summed E-state index contributed by atoms with van der Waals surface area (Å²) in [5.41, 5.74) is 0.999. The Balaban J connectivity index is 1.53. The second-order valence-electron chi connectivity index (χ2n) is 5.40. The number of carbonyl (C=O) groups excluding carboxylic acids is 2. The van der Waals surface area contributed by atoms with Crippen LogP contribution in [0.1, 0.15) is 29.0 Å². The molecule has 0 radical (unpaired) electrons. The number of thiophene rings is 1. The molecule has 3 rings (SSSR count). The van der Waals surface area contributed by atoms with Crippen LogP contribution >= 0.6 is 34.3 Å². The predicted octanol–water partition coefficient (Wildman–Crippen LogP) is 4.56. The summed E-state index contributed by atoms with van der Waals surface area (Å²) in [6.07, 6.45) is 0. The van der Waals surface area contributed by atoms with Crippen molar-refractivity contribution in [1.82, 2.24) is 10.3 Å². The molecule has 0 fully saturated rings. The van der Waals surface area contributed by atoms with Gasteiger partial charge >= 0.3 is 5.97 Å². The van der Waals surface area contributed by atoms with Crippen molar-refractivity contribution in [1.29, 1.82) is 0 Å². The van der Waals surface area contributed by atoms with Crippen molar-refractivity contribution in [2.24, 2.45) is 0 Å². The van der Waals surface area contributed by atoms with Gasteiger partial charge in [-0.3, -0.25) is 4.79 Å². The SMILES string of the molecule is C[C@H](NC(=O)COC(=O)c1csc(-c2cccs2)n1)c1ccccc1Cl. The lowest BCUT2D eigenvalue weighted by Gasteiger charge is -2.15. The number of amides is 1. The highest BCUT2D eigenvalue weighted by atomic mass is 35.5. The average Bonchev–Trinajstić information content (AvgIpc) is 3.31. The summed E-state index contributed by atoms with van der Waals surface area (Å²) in [5.74, 6) is -1.02. The molecule has 26 heavy (non-hydrogen) atoms. The van der Waals surface area contributed by atoms with E-state index in [9.17, 15) is 9.59 Å². The number of halogens is 1. The molecule has 3 aromatic rings. The Bertz CT molecular complexity index is 909. The molecule has 0 bridgehead atoms. The molecule has 0 saturated heterocycles. The standard InChI is InChI=1S/C18H15ClN2O3S2/c1-11(12-5-2-3-6-13(12)19)20-16(22)9-24-18(23)14-10-26-17(21-14)15-7-4-8-25-15/h2-8,10-11H,9H2,1H3,(H,20,22)/t11-/m0/s1. The van der Waals surface area contributed by atoms with E-state index >= 15 is 0 Å². The van der Waals surface area contributed by atoms with Crippen LogP contribution in [0.4, 0.5) is 0 Å². The number of thiazole rings is 1. The van der Waals surface area contributed by atoms with Gasteiger partial charge in [0.2, 0.25) is 0 Å². The first kappa shape index (κ1) is 18.6. The number of carbonyl (C=O) groups is 2. The summed E-state index contributed by atoms with van der Waals surface area (Å²) in [6.45, 7) is 1.44. The van der Waals surface area contributed by atoms with Crippen LogP contribution in [0.3, 0.4) is 0 Å². The van der Waals surface area contributed by atoms with Crippen molar-refractivity contribution < 1.29 is 14.3 Å². The zero-order valence-electron chi connectivity index (χ0n) is 13.8. The lowest BCUT2D eigenvalue weighted by atomic mass is 10.1. The van der Waals surface area contributed by atoms with Crippen LogP contribution in [0.25, 0.3) is 9.88 Å². The van der Waals surface area contributed by atoms with E-state index in [0.29, 0.717) is 5.02 Å². The molecule has 0 spiro atoms. The molecule has 0 aliphatic rings. The van der Waals surface area contributed by atoms with E-state index in [2.05, 4.69) is 10.3 Å². The van der Waals surface area contributed by atoms with E-state index in [1.807, 2.05) is 42.6 Å². The Morgan fingerprint density at radius 2 is 2.04 bits per heavy atom. The lowest BCUT2D eigenvalue weighted by molar-refractivity contribution is -0.124. The fourth-order valence-electron chi connectivity index (χ4n) is 2.27. The maximum Gasteiger partial charge on any atom is 0.358 e. The number of esters is 1. The third kappa shape index (κ3) is 4.49. The molecule has 1 amide bonds. The minimum Gasteiger partial charge on any atom is -0.451 e. The Morgan fingerprint density at radius 3 is 2.77 bits per heavy atom. The monoisotopic (exact) mass is 406 g/mol. The molecule has 0 aliphatic carbocycles. The van der Waals surface area contributed by atoms with E-state index in [-0.39, 0.29) is 18.3 Å². The van der Waals surface area contributed by atoms with Gasteiger partial charge in [0.1, 0.15) is 5.01 Å². The van der Waals surface area contributed by atoms with Crippen molar-refractivity contribution in [3.8, 4) is 9.88 Å². The van der Waals surface area contributed by atoms with Gasteiger partial charge in [-0.2, -0.15) is 0 Å². The number of benzene rings is 1. The quantitative estimate of drug-likeness (QED) is 0.609. The first-order chi connectivity index (χ1) is 12.5. The van der Waals surface area contributed by atoms with E-state index in [1.54, 1.807) is 22.8 Å². The van der Waals surface area contributed by atoms with Crippen molar-refractivity contribution in [2.45, 2.75) is 13.0 Å². The Hall–Kier alpha value is -2.22. The summed E-state index contributed by atoms with van der Waals surface area (Å²) < 4.78 is 5.05. The molecule has 1 atom stereocenters. The van der Waals surface area contributed by atoms with Crippen LogP contribution in [0, 0.1) is 0 Å². The Morgan fingerprint density at radius 1 is 1.23 bits per heavy atom. The molecule has 134 valence electrons. The van der Waals surface area contributed by atoms with E-state index in [0.717, 1.165) is 15.4 Å². The number of aromatic nitrogens is 1. The number of rotatable bonds is 6. The Kier molecular flexibility index (Phi) is 6.03. The summed E-state index contributed by atoms with van der Waals surface area (Å²) >= 11 is 9.02. The zero-order chi connectivity index (χ0) is 18.5. The fraction of sp³-hybridized carbons (Fsp3) is 0.167. The van der Waals surface area contributed by atoms with E-state index in [4.69, 9.17) is 16.3 Å². The first-order valence-electron chi connectivity index (χ1n) is 7.75. The van der Waals surface area contributed by atoms with Gasteiger partial charge < -0.3 is 10.1 Å². The van der Waals surface area contributed by atoms with Gasteiger partial charge in [0, 0.05) is 10.4 Å². The number of nitrogens with one attached hydrogen (secondary N) is 1. The van der Waals surface area contributed by atoms with Crippen LogP contribution in [-0.2, 0) is 9.53 Å². The van der Waals surface area contributed by atoms with Crippen molar-refractivity contribution in [3.63, 3.8) is 0 Å². The van der Waals surface area contributed by atoms with Gasteiger partial charge in [-0.05, 0) is 30.0 Å². The fourth-order valence-corrected chi connectivity index (χ4v) is 4.18. The molecule has 0 saturated carbocycles. The summed E-state index contributed by atoms with van der Waals surface area (Å²) in [6, 6.07) is 10.8. The molecule has 5 nitrogen and oxygen atoms in total. The Labute approximate surface area is 163 Å². The number of nitrogens with zero attached hydrogens (tertiary/aromatic N) is 1. The third-order valence-corrected chi connectivity index (χ3v) is 5.75. The van der Waals surface area contributed by atoms with Crippen molar-refractivity contribution >= 4 is 46.2 Å². The van der Waals surface area contributed by atoms with Crippen LogP contribution in [-0.4, -0.2) is 23.5 Å². The molecule has 2 aromatic heterocycles. The van der Waals surface area contributed by atoms with Crippen LogP contribution in [0.15, 0.2) is 47.2 Å². The predicted molar refractivity (Wildman–Crippen MR) is 104 cm³/mol. The second kappa shape index (κ2) is 8.44. The van der Waals surface area contributed by atoms with Crippen LogP contribution in [0.5, 0.6) is 0 Å². The summed E-state index contributed by atoms with van der Waals surface area (Å²) in [7, 11) is 0. The largest absolute Gasteiger partial charge is 0.451 e. The lowest BCUT2D eigenvalue weighted by Crippen LogP contribution is -2.31. The minimum absolute atomic E-state index is 0.199. The summed E-state index contributed by atoms with van der Waals surface area (Å²) in [4.78, 5) is 29.3. The van der Waals surface area contributed by atoms with E-state index in [1.165, 1.54) is 11.3 Å². The highest BCUT2D eigenvalue weighted by molar-refractivity contribution is 7.20. The molecule has 8 heteroatoms. The summed E-state index contributed by atoms with van der Waals surface area (Å²) in [5, 5.41) is 7.65. The molecule has 0 aliphatic heterocycles. The minimum atomic E-state index is -0.621. The topological polar surface area (TPSA) is 68.3 Å².